The van der Waals surface area contributed by atoms with E-state index in [0.717, 1.165) is 34.0 Å². The van der Waals surface area contributed by atoms with E-state index in [1.165, 1.54) is 0 Å². The molecule has 0 aliphatic carbocycles. The van der Waals surface area contributed by atoms with Gasteiger partial charge in [-0.2, -0.15) is 0 Å². The first-order chi connectivity index (χ1) is 9.88. The lowest BCUT2D eigenvalue weighted by Crippen LogP contribution is -2.15. The molecule has 0 fully saturated rings. The Morgan fingerprint density at radius 3 is 2.33 bits per heavy atom. The van der Waals surface area contributed by atoms with Gasteiger partial charge in [0.05, 0.1) is 11.3 Å². The van der Waals surface area contributed by atoms with E-state index in [0.29, 0.717) is 4.99 Å². The fourth-order valence-corrected chi connectivity index (χ4v) is 2.49. The van der Waals surface area contributed by atoms with Crippen LogP contribution in [0.15, 0.2) is 30.3 Å². The largest absolute Gasteiger partial charge is 0.389 e. The molecule has 0 amide bonds. The van der Waals surface area contributed by atoms with Gasteiger partial charge in [0.1, 0.15) is 4.99 Å². The Morgan fingerprint density at radius 2 is 1.81 bits per heavy atom. The highest BCUT2D eigenvalue weighted by atomic mass is 32.1. The van der Waals surface area contributed by atoms with Gasteiger partial charge in [-0.05, 0) is 44.2 Å². The summed E-state index contributed by atoms with van der Waals surface area (Å²) in [5.74, 6) is 0. The molecule has 0 aliphatic heterocycles. The van der Waals surface area contributed by atoms with Crippen LogP contribution in [0.1, 0.15) is 17.0 Å². The molecular formula is C16H20N4S. The molecule has 21 heavy (non-hydrogen) atoms. The second-order valence-electron chi connectivity index (χ2n) is 5.20. The Bertz CT molecular complexity index is 663. The van der Waals surface area contributed by atoms with Crippen LogP contribution >= 0.6 is 12.2 Å². The number of nitrogens with zero attached hydrogens (tertiary/aromatic N) is 2. The molecule has 0 aliphatic rings. The zero-order valence-corrected chi connectivity index (χ0v) is 13.6. The van der Waals surface area contributed by atoms with Gasteiger partial charge in [-0.3, -0.25) is 4.98 Å². The molecule has 0 saturated heterocycles. The zero-order valence-electron chi connectivity index (χ0n) is 12.8. The van der Waals surface area contributed by atoms with Gasteiger partial charge in [-0.25, -0.2) is 0 Å². The second kappa shape index (κ2) is 6.10. The first-order valence-electron chi connectivity index (χ1n) is 6.71. The number of nitrogens with one attached hydrogen (secondary N) is 1. The lowest BCUT2D eigenvalue weighted by molar-refractivity contribution is 1.11. The third kappa shape index (κ3) is 3.49. The van der Waals surface area contributed by atoms with Crippen LogP contribution in [0.5, 0.6) is 0 Å². The van der Waals surface area contributed by atoms with E-state index in [-0.39, 0.29) is 0 Å². The van der Waals surface area contributed by atoms with E-state index < -0.39 is 0 Å². The second-order valence-corrected chi connectivity index (χ2v) is 5.64. The SMILES string of the molecule is Cc1cc(Nc2ccc(N(C)C)cc2)c(C(N)=S)c(C)n1. The number of aryl methyl sites for hydroxylation is 2. The van der Waals surface area contributed by atoms with Crippen LogP contribution in [0.25, 0.3) is 0 Å². The minimum Gasteiger partial charge on any atom is -0.389 e. The molecular weight excluding hydrogens is 280 g/mol. The van der Waals surface area contributed by atoms with E-state index in [4.69, 9.17) is 18.0 Å². The molecule has 110 valence electrons. The summed E-state index contributed by atoms with van der Waals surface area (Å²) < 4.78 is 0. The summed E-state index contributed by atoms with van der Waals surface area (Å²) in [4.78, 5) is 6.83. The maximum absolute atomic E-state index is 5.83. The Hall–Kier alpha value is -2.14. The van der Waals surface area contributed by atoms with Gasteiger partial charge in [-0.1, -0.05) is 12.2 Å². The zero-order chi connectivity index (χ0) is 15.6. The van der Waals surface area contributed by atoms with Crippen LogP contribution in [-0.4, -0.2) is 24.1 Å². The van der Waals surface area contributed by atoms with Gasteiger partial charge in [-0.15, -0.1) is 0 Å². The summed E-state index contributed by atoms with van der Waals surface area (Å²) in [5, 5.41) is 3.38. The number of pyridine rings is 1. The quantitative estimate of drug-likeness (QED) is 0.850. The minimum absolute atomic E-state index is 0.354. The van der Waals surface area contributed by atoms with Crippen molar-refractivity contribution in [2.45, 2.75) is 13.8 Å². The minimum atomic E-state index is 0.354. The fourth-order valence-electron chi connectivity index (χ4n) is 2.24. The molecule has 1 aromatic carbocycles. The maximum Gasteiger partial charge on any atom is 0.107 e. The van der Waals surface area contributed by atoms with Crippen molar-refractivity contribution in [3.63, 3.8) is 0 Å². The van der Waals surface area contributed by atoms with Crippen LogP contribution < -0.4 is 16.0 Å². The fraction of sp³-hybridized carbons (Fsp3) is 0.250. The van der Waals surface area contributed by atoms with Crippen molar-refractivity contribution >= 4 is 34.3 Å². The number of aromatic nitrogens is 1. The van der Waals surface area contributed by atoms with Gasteiger partial charge >= 0.3 is 0 Å². The van der Waals surface area contributed by atoms with Gasteiger partial charge in [0.2, 0.25) is 0 Å². The molecule has 1 heterocycles. The average Bonchev–Trinajstić information content (AvgIpc) is 2.37. The third-order valence-electron chi connectivity index (χ3n) is 3.24. The highest BCUT2D eigenvalue weighted by molar-refractivity contribution is 7.80. The van der Waals surface area contributed by atoms with Crippen molar-refractivity contribution in [2.75, 3.05) is 24.3 Å². The number of anilines is 3. The van der Waals surface area contributed by atoms with Crippen molar-refractivity contribution < 1.29 is 0 Å². The standard InChI is InChI=1S/C16H20N4S/c1-10-9-14(15(16(17)21)11(2)18-10)19-12-5-7-13(8-6-12)20(3)4/h5-9H,1-4H3,(H2,17,21)(H,18,19). The summed E-state index contributed by atoms with van der Waals surface area (Å²) in [5.41, 5.74) is 11.4. The average molecular weight is 300 g/mol. The molecule has 4 nitrogen and oxygen atoms in total. The van der Waals surface area contributed by atoms with E-state index in [1.54, 1.807) is 0 Å². The molecule has 0 atom stereocenters. The third-order valence-corrected chi connectivity index (χ3v) is 3.44. The van der Waals surface area contributed by atoms with Gasteiger partial charge in [0.25, 0.3) is 0 Å². The number of nitrogens with two attached hydrogens (primary N) is 1. The molecule has 2 rings (SSSR count). The van der Waals surface area contributed by atoms with Crippen molar-refractivity contribution in [1.82, 2.24) is 4.98 Å². The summed E-state index contributed by atoms with van der Waals surface area (Å²) in [6.07, 6.45) is 0. The number of benzene rings is 1. The van der Waals surface area contributed by atoms with Gasteiger partial charge in [0.15, 0.2) is 0 Å². The highest BCUT2D eigenvalue weighted by Gasteiger charge is 2.11. The predicted molar refractivity (Wildman–Crippen MR) is 93.7 cm³/mol. The molecule has 0 radical (unpaired) electrons. The summed E-state index contributed by atoms with van der Waals surface area (Å²) >= 11 is 5.14. The van der Waals surface area contributed by atoms with Gasteiger partial charge in [0, 0.05) is 36.9 Å². The lowest BCUT2D eigenvalue weighted by atomic mass is 10.1. The number of rotatable bonds is 4. The van der Waals surface area contributed by atoms with Crippen molar-refractivity contribution in [2.24, 2.45) is 5.73 Å². The van der Waals surface area contributed by atoms with Crippen LogP contribution in [0.2, 0.25) is 0 Å². The van der Waals surface area contributed by atoms with E-state index >= 15 is 0 Å². The van der Waals surface area contributed by atoms with Crippen molar-refractivity contribution in [3.05, 3.63) is 47.3 Å². The number of thiocarbonyl (C=S) groups is 1. The first kappa shape index (κ1) is 15.3. The number of hydrogen-bond donors (Lipinski definition) is 2. The molecule has 0 unspecified atom stereocenters. The summed E-state index contributed by atoms with van der Waals surface area (Å²) in [7, 11) is 4.03. The lowest BCUT2D eigenvalue weighted by Gasteiger charge is -2.16. The molecule has 1 aromatic heterocycles. The molecule has 5 heteroatoms. The van der Waals surface area contributed by atoms with E-state index in [2.05, 4.69) is 27.3 Å². The first-order valence-corrected chi connectivity index (χ1v) is 7.12. The summed E-state index contributed by atoms with van der Waals surface area (Å²) in [6.45, 7) is 3.87. The van der Waals surface area contributed by atoms with Crippen LogP contribution in [0.3, 0.4) is 0 Å². The Morgan fingerprint density at radius 1 is 1.19 bits per heavy atom. The van der Waals surface area contributed by atoms with Crippen LogP contribution in [-0.2, 0) is 0 Å². The Labute approximate surface area is 131 Å². The molecule has 2 aromatic rings. The predicted octanol–water partition coefficient (Wildman–Crippen LogP) is 3.14. The normalized spacial score (nSPS) is 10.3. The highest BCUT2D eigenvalue weighted by Crippen LogP contribution is 2.25. The van der Waals surface area contributed by atoms with E-state index in [9.17, 15) is 0 Å². The smallest absolute Gasteiger partial charge is 0.107 e. The monoisotopic (exact) mass is 300 g/mol. The molecule has 0 saturated carbocycles. The van der Waals surface area contributed by atoms with E-state index in [1.807, 2.05) is 46.1 Å². The topological polar surface area (TPSA) is 54.2 Å². The van der Waals surface area contributed by atoms with Crippen LogP contribution in [0, 0.1) is 13.8 Å². The number of hydrogen-bond acceptors (Lipinski definition) is 4. The Kier molecular flexibility index (Phi) is 4.43. The molecule has 0 spiro atoms. The Balaban J connectivity index is 2.37. The molecule has 0 bridgehead atoms. The van der Waals surface area contributed by atoms with Gasteiger partial charge < -0.3 is 16.0 Å². The summed E-state index contributed by atoms with van der Waals surface area (Å²) in [6, 6.07) is 10.1. The van der Waals surface area contributed by atoms with Crippen LogP contribution in [0.4, 0.5) is 17.1 Å². The maximum atomic E-state index is 5.83. The van der Waals surface area contributed by atoms with Crippen molar-refractivity contribution in [1.29, 1.82) is 0 Å². The van der Waals surface area contributed by atoms with Crippen molar-refractivity contribution in [3.8, 4) is 0 Å². The molecule has 3 N–H and O–H groups in total.